The summed E-state index contributed by atoms with van der Waals surface area (Å²) in [4.78, 5) is 12.3. The standard InChI is InChI=1S/C25H28N2O2/c1-29-23-14-12-20(13-15-23)16-17-26-25(28)19-27-24(22-10-6-3-7-11-22)18-21-8-4-2-5-9-21/h2-15,24,27H,16-19H2,1H3,(H,26,28). The molecule has 0 aliphatic rings. The first-order chi connectivity index (χ1) is 14.2. The van der Waals surface area contributed by atoms with Gasteiger partial charge in [-0.2, -0.15) is 0 Å². The molecule has 1 amide bonds. The van der Waals surface area contributed by atoms with Crippen molar-refractivity contribution in [3.05, 3.63) is 102 Å². The van der Waals surface area contributed by atoms with Crippen molar-refractivity contribution in [2.24, 2.45) is 0 Å². The van der Waals surface area contributed by atoms with Crippen molar-refractivity contribution in [3.63, 3.8) is 0 Å². The Morgan fingerprint density at radius 1 is 0.862 bits per heavy atom. The number of nitrogens with one attached hydrogen (secondary N) is 2. The number of hydrogen-bond acceptors (Lipinski definition) is 3. The van der Waals surface area contributed by atoms with Crippen molar-refractivity contribution in [2.45, 2.75) is 18.9 Å². The number of hydrogen-bond donors (Lipinski definition) is 2. The predicted molar refractivity (Wildman–Crippen MR) is 117 cm³/mol. The van der Waals surface area contributed by atoms with Gasteiger partial charge in [-0.25, -0.2) is 0 Å². The summed E-state index contributed by atoms with van der Waals surface area (Å²) < 4.78 is 5.17. The van der Waals surface area contributed by atoms with E-state index in [9.17, 15) is 4.79 Å². The zero-order valence-corrected chi connectivity index (χ0v) is 16.8. The van der Waals surface area contributed by atoms with Gasteiger partial charge in [-0.15, -0.1) is 0 Å². The summed E-state index contributed by atoms with van der Waals surface area (Å²) >= 11 is 0. The van der Waals surface area contributed by atoms with Gasteiger partial charge in [0.05, 0.1) is 13.7 Å². The van der Waals surface area contributed by atoms with Crippen molar-refractivity contribution < 1.29 is 9.53 Å². The maximum Gasteiger partial charge on any atom is 0.233 e. The molecule has 2 N–H and O–H groups in total. The molecule has 3 aromatic carbocycles. The highest BCUT2D eigenvalue weighted by atomic mass is 16.5. The summed E-state index contributed by atoms with van der Waals surface area (Å²) in [5.41, 5.74) is 3.60. The van der Waals surface area contributed by atoms with Crippen LogP contribution in [-0.2, 0) is 17.6 Å². The van der Waals surface area contributed by atoms with Crippen LogP contribution in [-0.4, -0.2) is 26.1 Å². The van der Waals surface area contributed by atoms with Crippen LogP contribution in [0.1, 0.15) is 22.7 Å². The molecule has 0 radical (unpaired) electrons. The molecule has 0 aliphatic heterocycles. The highest BCUT2D eigenvalue weighted by Crippen LogP contribution is 2.18. The monoisotopic (exact) mass is 388 g/mol. The SMILES string of the molecule is COc1ccc(CCNC(=O)CNC(Cc2ccccc2)c2ccccc2)cc1. The molecule has 0 saturated carbocycles. The van der Waals surface area contributed by atoms with Crippen LogP contribution < -0.4 is 15.4 Å². The third-order valence-electron chi connectivity index (χ3n) is 4.89. The minimum absolute atomic E-state index is 0.00695. The van der Waals surface area contributed by atoms with Gasteiger partial charge in [0.25, 0.3) is 0 Å². The number of benzene rings is 3. The van der Waals surface area contributed by atoms with Crippen molar-refractivity contribution in [3.8, 4) is 5.75 Å². The van der Waals surface area contributed by atoms with Gasteiger partial charge in [0.1, 0.15) is 5.75 Å². The molecule has 3 rings (SSSR count). The lowest BCUT2D eigenvalue weighted by Gasteiger charge is -2.19. The van der Waals surface area contributed by atoms with Crippen LogP contribution in [0.4, 0.5) is 0 Å². The molecule has 0 aliphatic carbocycles. The van der Waals surface area contributed by atoms with E-state index in [1.165, 1.54) is 16.7 Å². The zero-order chi connectivity index (χ0) is 20.3. The molecule has 29 heavy (non-hydrogen) atoms. The second-order valence-corrected chi connectivity index (χ2v) is 6.98. The first-order valence-corrected chi connectivity index (χ1v) is 9.96. The lowest BCUT2D eigenvalue weighted by atomic mass is 9.99. The second kappa shape index (κ2) is 11.0. The summed E-state index contributed by atoms with van der Waals surface area (Å²) in [5.74, 6) is 0.847. The van der Waals surface area contributed by atoms with Gasteiger partial charge >= 0.3 is 0 Å². The second-order valence-electron chi connectivity index (χ2n) is 6.98. The topological polar surface area (TPSA) is 50.4 Å². The van der Waals surface area contributed by atoms with Crippen LogP contribution in [0, 0.1) is 0 Å². The minimum atomic E-state index is 0.00695. The van der Waals surface area contributed by atoms with E-state index in [1.54, 1.807) is 7.11 Å². The fraction of sp³-hybridized carbons (Fsp3) is 0.240. The fourth-order valence-electron chi connectivity index (χ4n) is 3.26. The molecule has 0 aromatic heterocycles. The Morgan fingerprint density at radius 3 is 2.17 bits per heavy atom. The van der Waals surface area contributed by atoms with Crippen LogP contribution >= 0.6 is 0 Å². The number of amides is 1. The Hall–Kier alpha value is -3.11. The molecule has 0 fully saturated rings. The molecule has 1 atom stereocenters. The maximum atomic E-state index is 12.3. The molecular weight excluding hydrogens is 360 g/mol. The molecule has 4 nitrogen and oxygen atoms in total. The Morgan fingerprint density at radius 2 is 1.52 bits per heavy atom. The van der Waals surface area contributed by atoms with Gasteiger partial charge in [0.15, 0.2) is 0 Å². The molecule has 0 saturated heterocycles. The Kier molecular flexibility index (Phi) is 7.84. The van der Waals surface area contributed by atoms with E-state index in [4.69, 9.17) is 4.74 Å². The Balaban J connectivity index is 1.49. The van der Waals surface area contributed by atoms with Crippen molar-refractivity contribution in [1.82, 2.24) is 10.6 Å². The van der Waals surface area contributed by atoms with Gasteiger partial charge in [0, 0.05) is 12.6 Å². The average Bonchev–Trinajstić information content (AvgIpc) is 2.78. The molecule has 0 bridgehead atoms. The van der Waals surface area contributed by atoms with Crippen LogP contribution in [0.3, 0.4) is 0 Å². The van der Waals surface area contributed by atoms with Crippen molar-refractivity contribution in [2.75, 3.05) is 20.2 Å². The minimum Gasteiger partial charge on any atom is -0.497 e. The molecule has 0 spiro atoms. The van der Waals surface area contributed by atoms with E-state index in [-0.39, 0.29) is 18.5 Å². The van der Waals surface area contributed by atoms with Gasteiger partial charge in [-0.05, 0) is 41.7 Å². The van der Waals surface area contributed by atoms with Crippen LogP contribution in [0.5, 0.6) is 5.75 Å². The van der Waals surface area contributed by atoms with Crippen molar-refractivity contribution in [1.29, 1.82) is 0 Å². The number of carbonyl (C=O) groups excluding carboxylic acids is 1. The largest absolute Gasteiger partial charge is 0.497 e. The van der Waals surface area contributed by atoms with Gasteiger partial charge < -0.3 is 15.4 Å². The van der Waals surface area contributed by atoms with E-state index in [0.29, 0.717) is 6.54 Å². The summed E-state index contributed by atoms with van der Waals surface area (Å²) in [7, 11) is 1.66. The molecule has 150 valence electrons. The molecular formula is C25H28N2O2. The van der Waals surface area contributed by atoms with Crippen LogP contribution in [0.2, 0.25) is 0 Å². The predicted octanol–water partition coefficient (Wildman–Crippen LogP) is 3.93. The van der Waals surface area contributed by atoms with Gasteiger partial charge in [-0.1, -0.05) is 72.8 Å². The summed E-state index contributed by atoms with van der Waals surface area (Å²) in [6.45, 7) is 0.899. The summed E-state index contributed by atoms with van der Waals surface area (Å²) in [5, 5.41) is 6.42. The number of ether oxygens (including phenoxy) is 1. The van der Waals surface area contributed by atoms with E-state index in [1.807, 2.05) is 60.7 Å². The zero-order valence-electron chi connectivity index (χ0n) is 16.8. The lowest BCUT2D eigenvalue weighted by Crippen LogP contribution is -2.37. The maximum absolute atomic E-state index is 12.3. The first-order valence-electron chi connectivity index (χ1n) is 9.96. The quantitative estimate of drug-likeness (QED) is 0.553. The van der Waals surface area contributed by atoms with E-state index in [0.717, 1.165) is 18.6 Å². The molecule has 4 heteroatoms. The van der Waals surface area contributed by atoms with Crippen molar-refractivity contribution >= 4 is 5.91 Å². The fourth-order valence-corrected chi connectivity index (χ4v) is 3.26. The smallest absolute Gasteiger partial charge is 0.233 e. The van der Waals surface area contributed by atoms with Gasteiger partial charge in [0.2, 0.25) is 5.91 Å². The van der Waals surface area contributed by atoms with E-state index < -0.39 is 0 Å². The highest BCUT2D eigenvalue weighted by molar-refractivity contribution is 5.78. The Bertz CT molecular complexity index is 864. The third kappa shape index (κ3) is 6.77. The average molecular weight is 389 g/mol. The van der Waals surface area contributed by atoms with Crippen LogP contribution in [0.15, 0.2) is 84.9 Å². The number of rotatable bonds is 10. The van der Waals surface area contributed by atoms with E-state index >= 15 is 0 Å². The lowest BCUT2D eigenvalue weighted by molar-refractivity contribution is -0.120. The van der Waals surface area contributed by atoms with Gasteiger partial charge in [-0.3, -0.25) is 4.79 Å². The normalized spacial score (nSPS) is 11.6. The van der Waals surface area contributed by atoms with Crippen LogP contribution in [0.25, 0.3) is 0 Å². The summed E-state index contributed by atoms with van der Waals surface area (Å²) in [6.07, 6.45) is 1.63. The summed E-state index contributed by atoms with van der Waals surface area (Å²) in [6, 6.07) is 28.6. The number of methoxy groups -OCH3 is 1. The molecule has 3 aromatic rings. The molecule has 1 unspecified atom stereocenters. The third-order valence-corrected chi connectivity index (χ3v) is 4.89. The first kappa shape index (κ1) is 20.6. The molecule has 0 heterocycles. The number of carbonyl (C=O) groups is 1. The highest BCUT2D eigenvalue weighted by Gasteiger charge is 2.13. The van der Waals surface area contributed by atoms with E-state index in [2.05, 4.69) is 34.9 Å². The Labute approximate surface area is 172 Å².